The Morgan fingerprint density at radius 2 is 1.93 bits per heavy atom. The summed E-state index contributed by atoms with van der Waals surface area (Å²) in [5, 5.41) is 0. The van der Waals surface area contributed by atoms with Crippen LogP contribution in [0.25, 0.3) is 5.57 Å². The largest absolute Gasteiger partial charge is 0.416 e. The van der Waals surface area contributed by atoms with Crippen LogP contribution in [0.3, 0.4) is 0 Å². The minimum absolute atomic E-state index is 0.0851. The Balaban J connectivity index is 3.23. The van der Waals surface area contributed by atoms with Crippen molar-refractivity contribution in [2.75, 3.05) is 6.54 Å². The van der Waals surface area contributed by atoms with Gasteiger partial charge in [-0.2, -0.15) is 13.2 Å². The van der Waals surface area contributed by atoms with Crippen molar-refractivity contribution in [1.82, 2.24) is 0 Å². The highest BCUT2D eigenvalue weighted by Crippen LogP contribution is 2.31. The number of halogens is 4. The van der Waals surface area contributed by atoms with Gasteiger partial charge in [-0.3, -0.25) is 0 Å². The first-order chi connectivity index (χ1) is 6.86. The first-order valence-electron chi connectivity index (χ1n) is 4.11. The number of benzene rings is 1. The van der Waals surface area contributed by atoms with E-state index in [-0.39, 0.29) is 17.7 Å². The lowest BCUT2D eigenvalue weighted by Crippen LogP contribution is -2.08. The van der Waals surface area contributed by atoms with Crippen molar-refractivity contribution in [2.45, 2.75) is 6.18 Å². The molecule has 0 aliphatic heterocycles. The Labute approximate surface area is 84.2 Å². The normalized spacial score (nSPS) is 11.5. The van der Waals surface area contributed by atoms with Crippen molar-refractivity contribution in [3.05, 3.63) is 41.7 Å². The average molecular weight is 219 g/mol. The smallest absolute Gasteiger partial charge is 0.326 e. The molecule has 1 aromatic carbocycles. The summed E-state index contributed by atoms with van der Waals surface area (Å²) in [6, 6.07) is 2.16. The zero-order valence-electron chi connectivity index (χ0n) is 7.74. The molecule has 1 rings (SSSR count). The molecule has 0 atom stereocenters. The van der Waals surface area contributed by atoms with Crippen molar-refractivity contribution in [3.8, 4) is 0 Å². The molecule has 0 bridgehead atoms. The lowest BCUT2D eigenvalue weighted by molar-refractivity contribution is -0.137. The molecule has 0 heterocycles. The molecule has 5 heteroatoms. The number of hydrogen-bond acceptors (Lipinski definition) is 1. The molecule has 1 aromatic rings. The zero-order valence-corrected chi connectivity index (χ0v) is 7.74. The quantitative estimate of drug-likeness (QED) is 0.760. The van der Waals surface area contributed by atoms with E-state index in [1.165, 1.54) is 0 Å². The van der Waals surface area contributed by atoms with Gasteiger partial charge in [0.1, 0.15) is 5.82 Å². The molecule has 0 amide bonds. The number of nitrogens with two attached hydrogens (primary N) is 1. The predicted octanol–water partition coefficient (Wildman–Crippen LogP) is 2.82. The van der Waals surface area contributed by atoms with Crippen LogP contribution in [0.5, 0.6) is 0 Å². The Morgan fingerprint density at radius 3 is 2.40 bits per heavy atom. The fourth-order valence-electron chi connectivity index (χ4n) is 1.08. The van der Waals surface area contributed by atoms with Crippen molar-refractivity contribution >= 4 is 5.57 Å². The van der Waals surface area contributed by atoms with Gasteiger partial charge >= 0.3 is 6.18 Å². The Hall–Kier alpha value is -1.36. The standard InChI is InChI=1S/C10H9F4N/c1-6(5-15)8-4-7(10(12,13)14)2-3-9(8)11/h2-4H,1,5,15H2. The monoisotopic (exact) mass is 219 g/mol. The van der Waals surface area contributed by atoms with E-state index in [1.807, 2.05) is 0 Å². The molecule has 2 N–H and O–H groups in total. The molecule has 0 fully saturated rings. The summed E-state index contributed by atoms with van der Waals surface area (Å²) in [6.45, 7) is 3.31. The van der Waals surface area contributed by atoms with Gasteiger partial charge in [-0.05, 0) is 23.8 Å². The van der Waals surface area contributed by atoms with Gasteiger partial charge in [0.2, 0.25) is 0 Å². The maximum atomic E-state index is 13.1. The Kier molecular flexibility index (Phi) is 3.14. The summed E-state index contributed by atoms with van der Waals surface area (Å²) in [5.41, 5.74) is 4.23. The van der Waals surface area contributed by atoms with Gasteiger partial charge in [-0.25, -0.2) is 4.39 Å². The molecule has 0 aliphatic rings. The van der Waals surface area contributed by atoms with E-state index in [2.05, 4.69) is 6.58 Å². The van der Waals surface area contributed by atoms with Crippen LogP contribution in [0, 0.1) is 5.82 Å². The van der Waals surface area contributed by atoms with Crippen molar-refractivity contribution < 1.29 is 17.6 Å². The molecule has 15 heavy (non-hydrogen) atoms. The van der Waals surface area contributed by atoms with Gasteiger partial charge in [0.15, 0.2) is 0 Å². The van der Waals surface area contributed by atoms with Gasteiger partial charge in [0.25, 0.3) is 0 Å². The van der Waals surface area contributed by atoms with Gasteiger partial charge < -0.3 is 5.73 Å². The van der Waals surface area contributed by atoms with E-state index in [4.69, 9.17) is 5.73 Å². The fraction of sp³-hybridized carbons (Fsp3) is 0.200. The zero-order chi connectivity index (χ0) is 11.6. The second-order valence-electron chi connectivity index (χ2n) is 3.00. The molecule has 1 nitrogen and oxygen atoms in total. The third-order valence-electron chi connectivity index (χ3n) is 1.92. The van der Waals surface area contributed by atoms with Crippen LogP contribution in [0.15, 0.2) is 24.8 Å². The van der Waals surface area contributed by atoms with Crippen molar-refractivity contribution in [3.63, 3.8) is 0 Å². The first kappa shape index (κ1) is 11.7. The molecule has 0 unspecified atom stereocenters. The maximum Gasteiger partial charge on any atom is 0.416 e. The third kappa shape index (κ3) is 2.56. The fourth-order valence-corrected chi connectivity index (χ4v) is 1.08. The number of rotatable bonds is 2. The summed E-state index contributed by atoms with van der Waals surface area (Å²) in [6.07, 6.45) is -4.49. The van der Waals surface area contributed by atoms with Gasteiger partial charge in [0.05, 0.1) is 5.56 Å². The predicted molar refractivity (Wildman–Crippen MR) is 49.5 cm³/mol. The molecule has 0 saturated heterocycles. The van der Waals surface area contributed by atoms with E-state index in [9.17, 15) is 17.6 Å². The second kappa shape index (κ2) is 4.02. The highest BCUT2D eigenvalue weighted by Gasteiger charge is 2.31. The summed E-state index contributed by atoms with van der Waals surface area (Å²) in [7, 11) is 0. The summed E-state index contributed by atoms with van der Waals surface area (Å²) >= 11 is 0. The lowest BCUT2D eigenvalue weighted by Gasteiger charge is -2.10. The van der Waals surface area contributed by atoms with E-state index in [1.54, 1.807) is 0 Å². The van der Waals surface area contributed by atoms with E-state index < -0.39 is 17.6 Å². The average Bonchev–Trinajstić information content (AvgIpc) is 2.15. The van der Waals surface area contributed by atoms with Crippen LogP contribution in [-0.2, 0) is 6.18 Å². The molecule has 0 radical (unpaired) electrons. The highest BCUT2D eigenvalue weighted by molar-refractivity contribution is 5.65. The van der Waals surface area contributed by atoms with Crippen molar-refractivity contribution in [2.24, 2.45) is 5.73 Å². The van der Waals surface area contributed by atoms with Crippen LogP contribution >= 0.6 is 0 Å². The van der Waals surface area contributed by atoms with Gasteiger partial charge in [-0.1, -0.05) is 6.58 Å². The molecule has 0 aliphatic carbocycles. The van der Waals surface area contributed by atoms with Crippen LogP contribution in [-0.4, -0.2) is 6.54 Å². The molecule has 0 spiro atoms. The minimum Gasteiger partial charge on any atom is -0.326 e. The number of alkyl halides is 3. The van der Waals surface area contributed by atoms with Crippen LogP contribution < -0.4 is 5.73 Å². The highest BCUT2D eigenvalue weighted by atomic mass is 19.4. The Morgan fingerprint density at radius 1 is 1.33 bits per heavy atom. The molecule has 82 valence electrons. The van der Waals surface area contributed by atoms with E-state index >= 15 is 0 Å². The van der Waals surface area contributed by atoms with Gasteiger partial charge in [0, 0.05) is 12.1 Å². The molecule has 0 saturated carbocycles. The first-order valence-corrected chi connectivity index (χ1v) is 4.11. The molecular formula is C10H9F4N. The topological polar surface area (TPSA) is 26.0 Å². The maximum absolute atomic E-state index is 13.1. The summed E-state index contributed by atoms with van der Waals surface area (Å²) < 4.78 is 50.0. The summed E-state index contributed by atoms with van der Waals surface area (Å²) in [5.74, 6) is -0.751. The van der Waals surface area contributed by atoms with Crippen LogP contribution in [0.1, 0.15) is 11.1 Å². The number of hydrogen-bond donors (Lipinski definition) is 1. The Bertz CT molecular complexity index is 381. The van der Waals surface area contributed by atoms with Crippen molar-refractivity contribution in [1.29, 1.82) is 0 Å². The summed E-state index contributed by atoms with van der Waals surface area (Å²) in [4.78, 5) is 0. The minimum atomic E-state index is -4.49. The SMILES string of the molecule is C=C(CN)c1cc(C(F)(F)F)ccc1F. The van der Waals surface area contributed by atoms with Crippen LogP contribution in [0.4, 0.5) is 17.6 Å². The second-order valence-corrected chi connectivity index (χ2v) is 3.00. The van der Waals surface area contributed by atoms with Crippen LogP contribution in [0.2, 0.25) is 0 Å². The van der Waals surface area contributed by atoms with E-state index in [0.717, 1.165) is 6.07 Å². The lowest BCUT2D eigenvalue weighted by atomic mass is 10.0. The molecular weight excluding hydrogens is 210 g/mol. The molecule has 0 aromatic heterocycles. The van der Waals surface area contributed by atoms with Gasteiger partial charge in [-0.15, -0.1) is 0 Å². The van der Waals surface area contributed by atoms with E-state index in [0.29, 0.717) is 12.1 Å². The third-order valence-corrected chi connectivity index (χ3v) is 1.92.